The highest BCUT2D eigenvalue weighted by Gasteiger charge is 2.19. The predicted octanol–water partition coefficient (Wildman–Crippen LogP) is 4.47. The Labute approximate surface area is 175 Å². The Morgan fingerprint density at radius 3 is 2.30 bits per heavy atom. The summed E-state index contributed by atoms with van der Waals surface area (Å²) in [5.74, 6) is -0.231. The maximum atomic E-state index is 13.4. The van der Waals surface area contributed by atoms with Gasteiger partial charge in [0.05, 0.1) is 11.4 Å². The molecule has 0 unspecified atom stereocenters. The lowest BCUT2D eigenvalue weighted by atomic mass is 10.1. The van der Waals surface area contributed by atoms with Crippen molar-refractivity contribution in [3.05, 3.63) is 65.6 Å². The number of carbonyl (C=O) groups excluding carboxylic acids is 2. The fraction of sp³-hybridized carbons (Fsp3) is 0.261. The lowest BCUT2D eigenvalue weighted by Crippen LogP contribution is -2.31. The molecule has 0 aliphatic heterocycles. The third kappa shape index (κ3) is 4.56. The monoisotopic (exact) mass is 408 g/mol. The molecule has 2 aromatic carbocycles. The van der Waals surface area contributed by atoms with Crippen LogP contribution >= 0.6 is 0 Å². The number of nitrogens with one attached hydrogen (secondary N) is 2. The Balaban J connectivity index is 2.01. The number of hydrogen-bond acceptors (Lipinski definition) is 3. The second kappa shape index (κ2) is 8.90. The fourth-order valence-corrected chi connectivity index (χ4v) is 3.12. The van der Waals surface area contributed by atoms with Gasteiger partial charge in [0.25, 0.3) is 5.91 Å². The number of carbonyl (C=O) groups is 2. The average Bonchev–Trinajstić information content (AvgIpc) is 3.03. The summed E-state index contributed by atoms with van der Waals surface area (Å²) in [7, 11) is 0. The van der Waals surface area contributed by atoms with Crippen LogP contribution in [-0.4, -0.2) is 27.6 Å². The van der Waals surface area contributed by atoms with Crippen LogP contribution in [0.5, 0.6) is 0 Å². The van der Waals surface area contributed by atoms with Gasteiger partial charge in [-0.25, -0.2) is 9.07 Å². The normalized spacial score (nSPS) is 11.8. The van der Waals surface area contributed by atoms with E-state index in [1.54, 1.807) is 41.1 Å². The minimum absolute atomic E-state index is 0.0931. The first kappa shape index (κ1) is 21.2. The SMILES string of the molecule is CC[C@@H](C)NC(=O)c1ccc(-n2nc(C)c(-c3ccc(F)cc3)c2NC(C)=O)cc1. The standard InChI is InChI=1S/C23H25FN4O2/c1-5-14(2)25-23(30)18-8-12-20(13-9-18)28-22(26-16(4)29)21(15(3)27-28)17-6-10-19(24)11-7-17/h6-14H,5H2,1-4H3,(H,25,30)(H,26,29)/t14-/m1/s1. The lowest BCUT2D eigenvalue weighted by Gasteiger charge is -2.13. The lowest BCUT2D eigenvalue weighted by molar-refractivity contribution is -0.114. The zero-order valence-corrected chi connectivity index (χ0v) is 17.5. The zero-order chi connectivity index (χ0) is 21.8. The van der Waals surface area contributed by atoms with Gasteiger partial charge in [0, 0.05) is 24.1 Å². The van der Waals surface area contributed by atoms with E-state index in [1.807, 2.05) is 20.8 Å². The summed E-state index contributed by atoms with van der Waals surface area (Å²) in [6.45, 7) is 7.21. The largest absolute Gasteiger partial charge is 0.350 e. The first-order chi connectivity index (χ1) is 14.3. The third-order valence-electron chi connectivity index (χ3n) is 4.85. The summed E-state index contributed by atoms with van der Waals surface area (Å²) in [5.41, 5.74) is 3.37. The molecule has 1 heterocycles. The van der Waals surface area contributed by atoms with Crippen LogP contribution in [0, 0.1) is 12.7 Å². The molecule has 0 aliphatic carbocycles. The number of aryl methyl sites for hydroxylation is 1. The molecule has 0 fully saturated rings. The van der Waals surface area contributed by atoms with Gasteiger partial charge in [0.1, 0.15) is 11.6 Å². The molecule has 0 saturated heterocycles. The number of hydrogen-bond donors (Lipinski definition) is 2. The van der Waals surface area contributed by atoms with Crippen molar-refractivity contribution < 1.29 is 14.0 Å². The van der Waals surface area contributed by atoms with E-state index in [0.29, 0.717) is 28.3 Å². The van der Waals surface area contributed by atoms with Crippen LogP contribution in [0.1, 0.15) is 43.2 Å². The van der Waals surface area contributed by atoms with E-state index < -0.39 is 0 Å². The van der Waals surface area contributed by atoms with E-state index in [4.69, 9.17) is 0 Å². The van der Waals surface area contributed by atoms with E-state index in [-0.39, 0.29) is 23.7 Å². The number of benzene rings is 2. The quantitative estimate of drug-likeness (QED) is 0.632. The van der Waals surface area contributed by atoms with Crippen molar-refractivity contribution in [2.45, 2.75) is 40.2 Å². The first-order valence-electron chi connectivity index (χ1n) is 9.84. The minimum atomic E-state index is -0.337. The van der Waals surface area contributed by atoms with Crippen molar-refractivity contribution in [3.8, 4) is 16.8 Å². The van der Waals surface area contributed by atoms with Gasteiger partial charge in [-0.2, -0.15) is 5.10 Å². The number of rotatable bonds is 6. The van der Waals surface area contributed by atoms with Crippen molar-refractivity contribution in [1.29, 1.82) is 0 Å². The molecule has 6 nitrogen and oxygen atoms in total. The fourth-order valence-electron chi connectivity index (χ4n) is 3.12. The molecule has 0 spiro atoms. The first-order valence-corrected chi connectivity index (χ1v) is 9.84. The molecular formula is C23H25FN4O2. The number of halogens is 1. The Hall–Kier alpha value is -3.48. The van der Waals surface area contributed by atoms with Crippen LogP contribution in [0.4, 0.5) is 10.2 Å². The molecule has 3 rings (SSSR count). The number of nitrogens with zero attached hydrogens (tertiary/aromatic N) is 2. The van der Waals surface area contributed by atoms with Gasteiger partial charge >= 0.3 is 0 Å². The molecule has 0 saturated carbocycles. The van der Waals surface area contributed by atoms with E-state index in [0.717, 1.165) is 12.0 Å². The molecule has 1 aromatic heterocycles. The highest BCUT2D eigenvalue weighted by molar-refractivity contribution is 5.95. The van der Waals surface area contributed by atoms with Crippen LogP contribution in [-0.2, 0) is 4.79 Å². The molecule has 0 aliphatic rings. The molecule has 7 heteroatoms. The summed E-state index contributed by atoms with van der Waals surface area (Å²) < 4.78 is 15.0. The van der Waals surface area contributed by atoms with E-state index in [9.17, 15) is 14.0 Å². The number of anilines is 1. The maximum absolute atomic E-state index is 13.4. The maximum Gasteiger partial charge on any atom is 0.251 e. The van der Waals surface area contributed by atoms with Gasteiger partial charge in [-0.3, -0.25) is 9.59 Å². The average molecular weight is 408 g/mol. The van der Waals surface area contributed by atoms with E-state index in [1.165, 1.54) is 19.1 Å². The van der Waals surface area contributed by atoms with Gasteiger partial charge in [0.15, 0.2) is 0 Å². The third-order valence-corrected chi connectivity index (χ3v) is 4.85. The molecule has 0 bridgehead atoms. The Morgan fingerprint density at radius 2 is 1.73 bits per heavy atom. The van der Waals surface area contributed by atoms with Gasteiger partial charge in [0.2, 0.25) is 5.91 Å². The van der Waals surface area contributed by atoms with Gasteiger partial charge in [-0.15, -0.1) is 0 Å². The van der Waals surface area contributed by atoms with E-state index >= 15 is 0 Å². The van der Waals surface area contributed by atoms with Crippen LogP contribution in [0.15, 0.2) is 48.5 Å². The Kier molecular flexibility index (Phi) is 6.30. The molecule has 30 heavy (non-hydrogen) atoms. The predicted molar refractivity (Wildman–Crippen MR) is 115 cm³/mol. The summed E-state index contributed by atoms with van der Waals surface area (Å²) in [4.78, 5) is 24.2. The topological polar surface area (TPSA) is 76.0 Å². The number of aromatic nitrogens is 2. The Bertz CT molecular complexity index is 1060. The van der Waals surface area contributed by atoms with E-state index in [2.05, 4.69) is 15.7 Å². The van der Waals surface area contributed by atoms with Crippen molar-refractivity contribution >= 4 is 17.6 Å². The second-order valence-electron chi connectivity index (χ2n) is 7.24. The summed E-state index contributed by atoms with van der Waals surface area (Å²) >= 11 is 0. The van der Waals surface area contributed by atoms with Gasteiger partial charge < -0.3 is 10.6 Å². The van der Waals surface area contributed by atoms with Crippen LogP contribution in [0.25, 0.3) is 16.8 Å². The molecule has 2 amide bonds. The van der Waals surface area contributed by atoms with Crippen molar-refractivity contribution in [1.82, 2.24) is 15.1 Å². The summed E-state index contributed by atoms with van der Waals surface area (Å²) in [5, 5.41) is 10.3. The number of amides is 2. The van der Waals surface area contributed by atoms with Crippen LogP contribution in [0.3, 0.4) is 0 Å². The van der Waals surface area contributed by atoms with Crippen molar-refractivity contribution in [2.24, 2.45) is 0 Å². The summed E-state index contributed by atoms with van der Waals surface area (Å²) in [6, 6.07) is 13.1. The zero-order valence-electron chi connectivity index (χ0n) is 17.5. The van der Waals surface area contributed by atoms with Crippen LogP contribution in [0.2, 0.25) is 0 Å². The molecule has 1 atom stereocenters. The molecule has 0 radical (unpaired) electrons. The summed E-state index contributed by atoms with van der Waals surface area (Å²) in [6.07, 6.45) is 0.850. The minimum Gasteiger partial charge on any atom is -0.350 e. The smallest absolute Gasteiger partial charge is 0.251 e. The molecule has 2 N–H and O–H groups in total. The molecule has 156 valence electrons. The molecule has 3 aromatic rings. The van der Waals surface area contributed by atoms with Crippen molar-refractivity contribution in [3.63, 3.8) is 0 Å². The highest BCUT2D eigenvalue weighted by atomic mass is 19.1. The second-order valence-corrected chi connectivity index (χ2v) is 7.24. The van der Waals surface area contributed by atoms with Crippen LogP contribution < -0.4 is 10.6 Å². The van der Waals surface area contributed by atoms with Crippen molar-refractivity contribution in [2.75, 3.05) is 5.32 Å². The Morgan fingerprint density at radius 1 is 1.10 bits per heavy atom. The highest BCUT2D eigenvalue weighted by Crippen LogP contribution is 2.33. The van der Waals surface area contributed by atoms with Gasteiger partial charge in [-0.05, 0) is 62.2 Å². The molecular weight excluding hydrogens is 383 g/mol. The van der Waals surface area contributed by atoms with Gasteiger partial charge in [-0.1, -0.05) is 19.1 Å².